The summed E-state index contributed by atoms with van der Waals surface area (Å²) in [4.78, 5) is 12.6. The van der Waals surface area contributed by atoms with Gasteiger partial charge in [0.2, 0.25) is 0 Å². The van der Waals surface area contributed by atoms with Gasteiger partial charge in [0.05, 0.1) is 10.6 Å². The number of aryl methyl sites for hydroxylation is 1. The minimum Gasteiger partial charge on any atom is -0.322 e. The van der Waals surface area contributed by atoms with E-state index < -0.39 is 10.0 Å². The van der Waals surface area contributed by atoms with E-state index in [9.17, 15) is 13.2 Å². The number of carbonyl (C=O) groups excluding carboxylic acids is 1. The van der Waals surface area contributed by atoms with E-state index in [-0.39, 0.29) is 10.8 Å². The highest BCUT2D eigenvalue weighted by molar-refractivity contribution is 7.92. The van der Waals surface area contributed by atoms with E-state index in [1.807, 2.05) is 42.5 Å². The average Bonchev–Trinajstić information content (AvgIpc) is 2.74. The molecule has 3 aromatic carbocycles. The van der Waals surface area contributed by atoms with Gasteiger partial charge in [0.25, 0.3) is 15.9 Å². The molecule has 0 saturated carbocycles. The third-order valence-electron chi connectivity index (χ3n) is 4.80. The first-order valence-corrected chi connectivity index (χ1v) is 10.6. The van der Waals surface area contributed by atoms with Crippen LogP contribution < -0.4 is 9.62 Å². The summed E-state index contributed by atoms with van der Waals surface area (Å²) in [5, 5.41) is 2.79. The molecule has 1 N–H and O–H groups in total. The predicted octanol–water partition coefficient (Wildman–Crippen LogP) is 4.08. The molecular weight excluding hydrogens is 372 g/mol. The van der Waals surface area contributed by atoms with Crippen molar-refractivity contribution in [2.75, 3.05) is 16.2 Å². The van der Waals surface area contributed by atoms with Crippen molar-refractivity contribution in [2.45, 2.75) is 17.7 Å². The number of fused-ring (bicyclic) bond motifs is 1. The van der Waals surface area contributed by atoms with Crippen molar-refractivity contribution in [1.82, 2.24) is 0 Å². The molecule has 1 aliphatic rings. The Morgan fingerprint density at radius 1 is 0.857 bits per heavy atom. The molecule has 3 aromatic rings. The van der Waals surface area contributed by atoms with Crippen LogP contribution in [0.5, 0.6) is 0 Å². The summed E-state index contributed by atoms with van der Waals surface area (Å²) in [7, 11) is -3.68. The molecule has 0 aromatic heterocycles. The van der Waals surface area contributed by atoms with Crippen LogP contribution in [0.2, 0.25) is 0 Å². The molecule has 1 heterocycles. The molecule has 0 fully saturated rings. The Hall–Kier alpha value is -3.12. The lowest BCUT2D eigenvalue weighted by molar-refractivity contribution is 0.102. The molecule has 0 atom stereocenters. The standard InChI is InChI=1S/C22H20N2O3S/c25-22(23-19-9-2-1-3-10-19)18-12-14-20(15-13-18)28(26,27)24-16-6-8-17-7-4-5-11-21(17)24/h1-5,7,9-15H,6,8,16H2,(H,23,25). The second-order valence-corrected chi connectivity index (χ2v) is 8.52. The van der Waals surface area contributed by atoms with Crippen LogP contribution in [0, 0.1) is 0 Å². The SMILES string of the molecule is O=C(Nc1ccccc1)c1ccc(S(=O)(=O)N2CCCc3ccccc32)cc1. The smallest absolute Gasteiger partial charge is 0.264 e. The topological polar surface area (TPSA) is 66.5 Å². The van der Waals surface area contributed by atoms with Crippen LogP contribution in [0.3, 0.4) is 0 Å². The molecule has 6 heteroatoms. The van der Waals surface area contributed by atoms with Crippen LogP contribution in [0.4, 0.5) is 11.4 Å². The summed E-state index contributed by atoms with van der Waals surface area (Å²) in [5.74, 6) is -0.279. The third-order valence-corrected chi connectivity index (χ3v) is 6.63. The number of hydrogen-bond donors (Lipinski definition) is 1. The zero-order valence-electron chi connectivity index (χ0n) is 15.2. The zero-order chi connectivity index (χ0) is 19.6. The molecule has 0 bridgehead atoms. The van der Waals surface area contributed by atoms with Crippen molar-refractivity contribution >= 4 is 27.3 Å². The molecule has 1 amide bonds. The van der Waals surface area contributed by atoms with E-state index >= 15 is 0 Å². The van der Waals surface area contributed by atoms with Gasteiger partial charge in [-0.05, 0) is 60.9 Å². The maximum Gasteiger partial charge on any atom is 0.264 e. The lowest BCUT2D eigenvalue weighted by Crippen LogP contribution is -2.35. The molecule has 0 unspecified atom stereocenters. The third kappa shape index (κ3) is 3.51. The Balaban J connectivity index is 1.58. The van der Waals surface area contributed by atoms with Crippen molar-refractivity contribution in [1.29, 1.82) is 0 Å². The quantitative estimate of drug-likeness (QED) is 0.727. The molecule has 4 rings (SSSR count). The number of para-hydroxylation sites is 2. The minimum absolute atomic E-state index is 0.181. The van der Waals surface area contributed by atoms with Crippen LogP contribution in [0.1, 0.15) is 22.3 Å². The highest BCUT2D eigenvalue weighted by atomic mass is 32.2. The van der Waals surface area contributed by atoms with Crippen molar-refractivity contribution in [3.8, 4) is 0 Å². The number of hydrogen-bond acceptors (Lipinski definition) is 3. The van der Waals surface area contributed by atoms with Gasteiger partial charge in [0.1, 0.15) is 0 Å². The predicted molar refractivity (Wildman–Crippen MR) is 110 cm³/mol. The molecule has 1 aliphatic heterocycles. The number of anilines is 2. The Labute approximate surface area is 164 Å². The number of sulfonamides is 1. The summed E-state index contributed by atoms with van der Waals surface area (Å²) in [6.45, 7) is 0.454. The first-order valence-electron chi connectivity index (χ1n) is 9.13. The summed E-state index contributed by atoms with van der Waals surface area (Å²) in [5.41, 5.74) is 2.87. The van der Waals surface area contributed by atoms with E-state index in [0.29, 0.717) is 17.8 Å². The monoisotopic (exact) mass is 392 g/mol. The molecule has 0 spiro atoms. The number of nitrogens with zero attached hydrogens (tertiary/aromatic N) is 1. The van der Waals surface area contributed by atoms with Gasteiger partial charge in [0, 0.05) is 17.8 Å². The van der Waals surface area contributed by atoms with Gasteiger partial charge < -0.3 is 5.32 Å². The number of nitrogens with one attached hydrogen (secondary N) is 1. The number of benzene rings is 3. The highest BCUT2D eigenvalue weighted by Gasteiger charge is 2.28. The minimum atomic E-state index is -3.68. The molecule has 0 saturated heterocycles. The number of carbonyl (C=O) groups is 1. The maximum atomic E-state index is 13.1. The van der Waals surface area contributed by atoms with Crippen LogP contribution in [0.15, 0.2) is 83.8 Å². The summed E-state index contributed by atoms with van der Waals surface area (Å²) < 4.78 is 27.8. The Kier molecular flexibility index (Phi) is 4.88. The fourth-order valence-electron chi connectivity index (χ4n) is 3.38. The normalized spacial score (nSPS) is 13.6. The molecule has 0 radical (unpaired) electrons. The van der Waals surface area contributed by atoms with Crippen LogP contribution >= 0.6 is 0 Å². The highest BCUT2D eigenvalue weighted by Crippen LogP contribution is 2.31. The molecule has 0 aliphatic carbocycles. The van der Waals surface area contributed by atoms with Crippen molar-refractivity contribution < 1.29 is 13.2 Å². The number of rotatable bonds is 4. The van der Waals surface area contributed by atoms with Gasteiger partial charge in [-0.2, -0.15) is 0 Å². The maximum absolute atomic E-state index is 13.1. The van der Waals surface area contributed by atoms with E-state index in [2.05, 4.69) is 5.32 Å². The summed E-state index contributed by atoms with van der Waals surface area (Å²) >= 11 is 0. The van der Waals surface area contributed by atoms with Gasteiger partial charge >= 0.3 is 0 Å². The first kappa shape index (κ1) is 18.3. The van der Waals surface area contributed by atoms with Gasteiger partial charge in [-0.15, -0.1) is 0 Å². The molecular formula is C22H20N2O3S. The molecule has 28 heavy (non-hydrogen) atoms. The second kappa shape index (κ2) is 7.48. The van der Waals surface area contributed by atoms with E-state index in [4.69, 9.17) is 0 Å². The van der Waals surface area contributed by atoms with Gasteiger partial charge in [0.15, 0.2) is 0 Å². The lowest BCUT2D eigenvalue weighted by atomic mass is 10.0. The van der Waals surface area contributed by atoms with Gasteiger partial charge in [-0.3, -0.25) is 9.10 Å². The zero-order valence-corrected chi connectivity index (χ0v) is 16.0. The lowest BCUT2D eigenvalue weighted by Gasteiger charge is -2.30. The van der Waals surface area contributed by atoms with E-state index in [1.54, 1.807) is 24.3 Å². The Bertz CT molecular complexity index is 1090. The number of amides is 1. The van der Waals surface area contributed by atoms with E-state index in [0.717, 1.165) is 24.1 Å². The molecule has 5 nitrogen and oxygen atoms in total. The summed E-state index contributed by atoms with van der Waals surface area (Å²) in [6, 6.07) is 22.8. The fourth-order valence-corrected chi connectivity index (χ4v) is 4.92. The van der Waals surface area contributed by atoms with Crippen molar-refractivity contribution in [3.63, 3.8) is 0 Å². The molecule has 142 valence electrons. The Morgan fingerprint density at radius 2 is 1.54 bits per heavy atom. The van der Waals surface area contributed by atoms with Crippen LogP contribution in [-0.4, -0.2) is 20.9 Å². The Morgan fingerprint density at radius 3 is 2.29 bits per heavy atom. The van der Waals surface area contributed by atoms with Crippen LogP contribution in [-0.2, 0) is 16.4 Å². The second-order valence-electron chi connectivity index (χ2n) is 6.65. The van der Waals surface area contributed by atoms with Gasteiger partial charge in [-0.25, -0.2) is 8.42 Å². The van der Waals surface area contributed by atoms with Gasteiger partial charge in [-0.1, -0.05) is 36.4 Å². The fraction of sp³-hybridized carbons (Fsp3) is 0.136. The average molecular weight is 392 g/mol. The largest absolute Gasteiger partial charge is 0.322 e. The first-order chi connectivity index (χ1) is 13.6. The van der Waals surface area contributed by atoms with Crippen molar-refractivity contribution in [2.24, 2.45) is 0 Å². The van der Waals surface area contributed by atoms with Crippen LogP contribution in [0.25, 0.3) is 0 Å². The summed E-state index contributed by atoms with van der Waals surface area (Å²) in [6.07, 6.45) is 1.66. The van der Waals surface area contributed by atoms with E-state index in [1.165, 1.54) is 16.4 Å². The van der Waals surface area contributed by atoms with Crippen molar-refractivity contribution in [3.05, 3.63) is 90.0 Å².